The maximum Gasteiger partial charge on any atom is 0.147 e. The summed E-state index contributed by atoms with van der Waals surface area (Å²) in [5, 5.41) is 0. The number of hydrogen-bond donors (Lipinski definition) is 1. The Morgan fingerprint density at radius 2 is 1.94 bits per heavy atom. The van der Waals surface area contributed by atoms with Gasteiger partial charge in [0.2, 0.25) is 0 Å². The van der Waals surface area contributed by atoms with Gasteiger partial charge in [-0.25, -0.2) is 18.4 Å². The molecule has 0 aliphatic carbocycles. The highest BCUT2D eigenvalue weighted by atomic mass is 32.2. The van der Waals surface area contributed by atoms with E-state index in [9.17, 15) is 8.42 Å². The molecule has 0 aromatic carbocycles. The van der Waals surface area contributed by atoms with Gasteiger partial charge in [0.15, 0.2) is 0 Å². The van der Waals surface area contributed by atoms with E-state index in [1.807, 2.05) is 6.92 Å². The summed E-state index contributed by atoms with van der Waals surface area (Å²) in [4.78, 5) is 8.22. The maximum atomic E-state index is 10.9. The third-order valence-corrected chi connectivity index (χ3v) is 3.19. The van der Waals surface area contributed by atoms with Crippen LogP contribution in [0.15, 0.2) is 12.4 Å². The standard InChI is InChI=1S/C10H17N3O2S/c1-8-6-12-10(13-7-8)9(11)4-3-5-16(2,14)15/h6-7,9H,3-5,11H2,1-2H3. The van der Waals surface area contributed by atoms with Crippen LogP contribution in [-0.4, -0.2) is 30.4 Å². The van der Waals surface area contributed by atoms with E-state index in [-0.39, 0.29) is 11.8 Å². The predicted molar refractivity (Wildman–Crippen MR) is 62.6 cm³/mol. The van der Waals surface area contributed by atoms with Crippen LogP contribution in [0.5, 0.6) is 0 Å². The van der Waals surface area contributed by atoms with Crippen LogP contribution in [0.25, 0.3) is 0 Å². The highest BCUT2D eigenvalue weighted by molar-refractivity contribution is 7.90. The Balaban J connectivity index is 2.47. The number of sulfone groups is 1. The number of hydrogen-bond acceptors (Lipinski definition) is 5. The minimum atomic E-state index is -2.91. The van der Waals surface area contributed by atoms with Gasteiger partial charge in [-0.3, -0.25) is 0 Å². The van der Waals surface area contributed by atoms with Crippen LogP contribution in [0, 0.1) is 6.92 Å². The lowest BCUT2D eigenvalue weighted by atomic mass is 10.1. The topological polar surface area (TPSA) is 85.9 Å². The molecule has 0 aliphatic heterocycles. The first-order valence-corrected chi connectivity index (χ1v) is 7.16. The minimum absolute atomic E-state index is 0.159. The molecule has 0 saturated carbocycles. The van der Waals surface area contributed by atoms with E-state index in [4.69, 9.17) is 5.73 Å². The predicted octanol–water partition coefficient (Wildman–Crippen LogP) is 0.610. The summed E-state index contributed by atoms with van der Waals surface area (Å²) in [5.74, 6) is 0.728. The summed E-state index contributed by atoms with van der Waals surface area (Å²) in [7, 11) is -2.91. The first-order chi connectivity index (χ1) is 7.38. The van der Waals surface area contributed by atoms with E-state index in [2.05, 4.69) is 9.97 Å². The molecule has 1 heterocycles. The first-order valence-electron chi connectivity index (χ1n) is 5.10. The normalized spacial score (nSPS) is 13.7. The first kappa shape index (κ1) is 13.1. The van der Waals surface area contributed by atoms with Gasteiger partial charge in [0.05, 0.1) is 6.04 Å². The zero-order valence-electron chi connectivity index (χ0n) is 9.55. The second-order valence-electron chi connectivity index (χ2n) is 4.00. The summed E-state index contributed by atoms with van der Waals surface area (Å²) in [5.41, 5.74) is 6.83. The molecule has 90 valence electrons. The summed E-state index contributed by atoms with van der Waals surface area (Å²) < 4.78 is 21.8. The molecule has 0 aliphatic rings. The number of aromatic nitrogens is 2. The van der Waals surface area contributed by atoms with Gasteiger partial charge in [0, 0.05) is 24.4 Å². The van der Waals surface area contributed by atoms with Crippen LogP contribution in [0.4, 0.5) is 0 Å². The molecule has 1 unspecified atom stereocenters. The monoisotopic (exact) mass is 243 g/mol. The van der Waals surface area contributed by atoms with Gasteiger partial charge < -0.3 is 5.73 Å². The Hall–Kier alpha value is -1.01. The molecule has 0 radical (unpaired) electrons. The number of nitrogens with two attached hydrogens (primary N) is 1. The highest BCUT2D eigenvalue weighted by Gasteiger charge is 2.10. The molecular formula is C10H17N3O2S. The van der Waals surface area contributed by atoms with E-state index in [1.165, 1.54) is 6.26 Å². The Morgan fingerprint density at radius 3 is 2.44 bits per heavy atom. The molecule has 6 heteroatoms. The Kier molecular flexibility index (Phi) is 4.37. The van der Waals surface area contributed by atoms with Gasteiger partial charge in [-0.05, 0) is 25.3 Å². The number of rotatable bonds is 5. The summed E-state index contributed by atoms with van der Waals surface area (Å²) in [6.45, 7) is 1.90. The van der Waals surface area contributed by atoms with Crippen molar-refractivity contribution in [3.8, 4) is 0 Å². The maximum absolute atomic E-state index is 10.9. The third-order valence-electron chi connectivity index (χ3n) is 2.16. The largest absolute Gasteiger partial charge is 0.321 e. The van der Waals surface area contributed by atoms with E-state index in [0.29, 0.717) is 18.7 Å². The zero-order chi connectivity index (χ0) is 12.2. The molecule has 1 aromatic heterocycles. The van der Waals surface area contributed by atoms with Crippen LogP contribution < -0.4 is 5.73 Å². The second kappa shape index (κ2) is 5.36. The van der Waals surface area contributed by atoms with Crippen molar-refractivity contribution in [2.75, 3.05) is 12.0 Å². The molecule has 5 nitrogen and oxygen atoms in total. The summed E-state index contributed by atoms with van der Waals surface area (Å²) in [6.07, 6.45) is 5.76. The fourth-order valence-electron chi connectivity index (χ4n) is 1.29. The second-order valence-corrected chi connectivity index (χ2v) is 6.26. The molecule has 0 amide bonds. The third kappa shape index (κ3) is 4.67. The molecule has 0 saturated heterocycles. The van der Waals surface area contributed by atoms with Crippen LogP contribution in [0.3, 0.4) is 0 Å². The fraction of sp³-hybridized carbons (Fsp3) is 0.600. The zero-order valence-corrected chi connectivity index (χ0v) is 10.4. The van der Waals surface area contributed by atoms with Crippen molar-refractivity contribution < 1.29 is 8.42 Å². The van der Waals surface area contributed by atoms with E-state index < -0.39 is 9.84 Å². The Labute approximate surface area is 96.0 Å². The van der Waals surface area contributed by atoms with Crippen LogP contribution in [0.1, 0.15) is 30.3 Å². The molecule has 0 spiro atoms. The van der Waals surface area contributed by atoms with Gasteiger partial charge in [-0.15, -0.1) is 0 Å². The molecule has 1 atom stereocenters. The SMILES string of the molecule is Cc1cnc(C(N)CCCS(C)(=O)=O)nc1. The van der Waals surface area contributed by atoms with E-state index >= 15 is 0 Å². The van der Waals surface area contributed by atoms with Gasteiger partial charge in [-0.2, -0.15) is 0 Å². The molecule has 2 N–H and O–H groups in total. The molecular weight excluding hydrogens is 226 g/mol. The van der Waals surface area contributed by atoms with Crippen molar-refractivity contribution >= 4 is 9.84 Å². The van der Waals surface area contributed by atoms with Crippen molar-refractivity contribution in [3.63, 3.8) is 0 Å². The molecule has 0 bridgehead atoms. The van der Waals surface area contributed by atoms with Gasteiger partial charge in [0.25, 0.3) is 0 Å². The lowest BCUT2D eigenvalue weighted by molar-refractivity contribution is 0.577. The van der Waals surface area contributed by atoms with Crippen molar-refractivity contribution in [2.24, 2.45) is 5.73 Å². The fourth-order valence-corrected chi connectivity index (χ4v) is 1.98. The molecule has 0 fully saturated rings. The van der Waals surface area contributed by atoms with Crippen LogP contribution in [0.2, 0.25) is 0 Å². The van der Waals surface area contributed by atoms with Gasteiger partial charge in [0.1, 0.15) is 15.7 Å². The van der Waals surface area contributed by atoms with Gasteiger partial charge >= 0.3 is 0 Å². The van der Waals surface area contributed by atoms with Crippen LogP contribution >= 0.6 is 0 Å². The lowest BCUT2D eigenvalue weighted by Crippen LogP contribution is -2.15. The lowest BCUT2D eigenvalue weighted by Gasteiger charge is -2.09. The van der Waals surface area contributed by atoms with Crippen molar-refractivity contribution in [2.45, 2.75) is 25.8 Å². The number of nitrogens with zero attached hydrogens (tertiary/aromatic N) is 2. The van der Waals surface area contributed by atoms with E-state index in [1.54, 1.807) is 12.4 Å². The average molecular weight is 243 g/mol. The molecule has 16 heavy (non-hydrogen) atoms. The van der Waals surface area contributed by atoms with E-state index in [0.717, 1.165) is 5.56 Å². The highest BCUT2D eigenvalue weighted by Crippen LogP contribution is 2.11. The average Bonchev–Trinajstić information content (AvgIpc) is 2.16. The molecule has 1 aromatic rings. The summed E-state index contributed by atoms with van der Waals surface area (Å²) in [6, 6.07) is -0.289. The Morgan fingerprint density at radius 1 is 1.38 bits per heavy atom. The summed E-state index contributed by atoms with van der Waals surface area (Å²) >= 11 is 0. The van der Waals surface area contributed by atoms with Crippen molar-refractivity contribution in [1.29, 1.82) is 0 Å². The van der Waals surface area contributed by atoms with Crippen LogP contribution in [-0.2, 0) is 9.84 Å². The number of aryl methyl sites for hydroxylation is 1. The minimum Gasteiger partial charge on any atom is -0.321 e. The van der Waals surface area contributed by atoms with Crippen molar-refractivity contribution in [3.05, 3.63) is 23.8 Å². The molecule has 1 rings (SSSR count). The van der Waals surface area contributed by atoms with Gasteiger partial charge in [-0.1, -0.05) is 0 Å². The Bertz CT molecular complexity index is 428. The smallest absolute Gasteiger partial charge is 0.147 e. The van der Waals surface area contributed by atoms with Crippen molar-refractivity contribution in [1.82, 2.24) is 9.97 Å². The quantitative estimate of drug-likeness (QED) is 0.818.